The van der Waals surface area contributed by atoms with Crippen molar-refractivity contribution in [3.63, 3.8) is 0 Å². The van der Waals surface area contributed by atoms with Gasteiger partial charge in [0.15, 0.2) is 5.82 Å². The third-order valence-electron chi connectivity index (χ3n) is 5.05. The number of aromatic amines is 1. The van der Waals surface area contributed by atoms with Crippen molar-refractivity contribution < 1.29 is 22.0 Å². The van der Waals surface area contributed by atoms with E-state index in [2.05, 4.69) is 14.7 Å². The summed E-state index contributed by atoms with van der Waals surface area (Å²) in [4.78, 5) is 19.7. The van der Waals surface area contributed by atoms with Gasteiger partial charge in [-0.25, -0.2) is 22.2 Å². The minimum absolute atomic E-state index is 0.0244. The first-order chi connectivity index (χ1) is 13.8. The van der Waals surface area contributed by atoms with Crippen molar-refractivity contribution in [2.45, 2.75) is 30.9 Å². The first-order valence-electron chi connectivity index (χ1n) is 8.95. The molecule has 1 fully saturated rings. The van der Waals surface area contributed by atoms with Crippen LogP contribution in [-0.2, 0) is 10.0 Å². The van der Waals surface area contributed by atoms with Crippen molar-refractivity contribution in [2.24, 2.45) is 0 Å². The van der Waals surface area contributed by atoms with Gasteiger partial charge in [0.2, 0.25) is 15.8 Å². The van der Waals surface area contributed by atoms with Crippen LogP contribution in [0, 0.1) is 11.6 Å². The molecule has 0 bridgehead atoms. The first-order valence-corrected chi connectivity index (χ1v) is 10.9. The minimum atomic E-state index is -3.84. The van der Waals surface area contributed by atoms with Gasteiger partial charge < -0.3 is 4.98 Å². The van der Waals surface area contributed by atoms with Crippen molar-refractivity contribution in [2.75, 3.05) is 4.72 Å². The average Bonchev–Trinajstić information content (AvgIpc) is 3.34. The van der Waals surface area contributed by atoms with Crippen molar-refractivity contribution in [3.05, 3.63) is 58.4 Å². The van der Waals surface area contributed by atoms with Gasteiger partial charge in [0, 0.05) is 23.3 Å². The molecule has 1 aliphatic carbocycles. The maximum absolute atomic E-state index is 15.0. The topological polar surface area (TPSA) is 91.9 Å². The molecule has 1 aliphatic rings. The van der Waals surface area contributed by atoms with Crippen LogP contribution in [0.1, 0.15) is 41.6 Å². The Morgan fingerprint density at radius 2 is 1.97 bits per heavy atom. The van der Waals surface area contributed by atoms with Crippen LogP contribution in [-0.4, -0.2) is 29.4 Å². The summed E-state index contributed by atoms with van der Waals surface area (Å²) in [6, 6.07) is 3.29. The second-order valence-corrected chi connectivity index (χ2v) is 9.32. The zero-order chi connectivity index (χ0) is 20.8. The van der Waals surface area contributed by atoms with Gasteiger partial charge in [0.05, 0.1) is 21.5 Å². The lowest BCUT2D eigenvalue weighted by Crippen LogP contribution is -2.26. The summed E-state index contributed by atoms with van der Waals surface area (Å²) in [5.41, 5.74) is -1.00. The Bertz CT molecular complexity index is 1220. The third kappa shape index (κ3) is 3.60. The Kier molecular flexibility index (Phi) is 5.04. The highest BCUT2D eigenvalue weighted by Crippen LogP contribution is 2.30. The Labute approximate surface area is 170 Å². The number of nitrogens with one attached hydrogen (secondary N) is 2. The highest BCUT2D eigenvalue weighted by atomic mass is 35.5. The number of pyridine rings is 1. The molecule has 0 spiro atoms. The summed E-state index contributed by atoms with van der Waals surface area (Å²) in [5, 5.41) is -0.0728. The lowest BCUT2D eigenvalue weighted by Gasteiger charge is -2.15. The van der Waals surface area contributed by atoms with Crippen LogP contribution in [0.2, 0.25) is 5.02 Å². The number of hydrogen-bond acceptors (Lipinski definition) is 4. The van der Waals surface area contributed by atoms with Crippen LogP contribution in [0.4, 0.5) is 14.5 Å². The van der Waals surface area contributed by atoms with Crippen LogP contribution in [0.15, 0.2) is 30.6 Å². The quantitative estimate of drug-likeness (QED) is 0.576. The molecule has 0 atom stereocenters. The number of nitrogens with zero attached hydrogens (tertiary/aromatic N) is 1. The van der Waals surface area contributed by atoms with E-state index in [0.29, 0.717) is 23.9 Å². The molecule has 10 heteroatoms. The molecule has 29 heavy (non-hydrogen) atoms. The van der Waals surface area contributed by atoms with Gasteiger partial charge in [-0.1, -0.05) is 24.4 Å². The van der Waals surface area contributed by atoms with Crippen molar-refractivity contribution in [3.8, 4) is 0 Å². The molecule has 0 amide bonds. The van der Waals surface area contributed by atoms with E-state index in [1.165, 1.54) is 18.5 Å². The molecule has 2 N–H and O–H groups in total. The minimum Gasteiger partial charge on any atom is -0.345 e. The summed E-state index contributed by atoms with van der Waals surface area (Å²) in [7, 11) is -3.84. The SMILES string of the molecule is O=C(c1c(F)ccc(NS(=O)(=O)C2CCCC2)c1F)c1c[nH]c2ncc(Cl)cc12. The zero-order valence-corrected chi connectivity index (χ0v) is 16.6. The van der Waals surface area contributed by atoms with E-state index in [1.54, 1.807) is 0 Å². The highest BCUT2D eigenvalue weighted by Gasteiger charge is 2.31. The summed E-state index contributed by atoms with van der Waals surface area (Å²) < 4.78 is 56.6. The number of rotatable bonds is 5. The molecule has 4 rings (SSSR count). The number of benzene rings is 1. The summed E-state index contributed by atoms with van der Waals surface area (Å²) in [5.74, 6) is -3.31. The fraction of sp³-hybridized carbons (Fsp3) is 0.263. The molecule has 152 valence electrons. The number of sulfonamides is 1. The normalized spacial score (nSPS) is 15.1. The smallest absolute Gasteiger partial charge is 0.235 e. The number of ketones is 1. The standard InChI is InChI=1S/C19H16ClF2N3O3S/c20-10-7-12-13(9-24-19(12)23-8-10)18(26)16-14(21)5-6-15(17(16)22)25-29(27,28)11-3-1-2-4-11/h5-9,11,25H,1-4H2,(H,23,24). The second-order valence-electron chi connectivity index (χ2n) is 6.92. The highest BCUT2D eigenvalue weighted by molar-refractivity contribution is 7.93. The monoisotopic (exact) mass is 439 g/mol. The van der Waals surface area contributed by atoms with E-state index >= 15 is 4.39 Å². The van der Waals surface area contributed by atoms with Gasteiger partial charge >= 0.3 is 0 Å². The Balaban J connectivity index is 1.75. The zero-order valence-electron chi connectivity index (χ0n) is 15.0. The van der Waals surface area contributed by atoms with E-state index < -0.39 is 43.9 Å². The lowest BCUT2D eigenvalue weighted by atomic mass is 10.0. The van der Waals surface area contributed by atoms with Crippen LogP contribution in [0.5, 0.6) is 0 Å². The summed E-state index contributed by atoms with van der Waals surface area (Å²) in [6.45, 7) is 0. The molecule has 1 saturated carbocycles. The average molecular weight is 440 g/mol. The maximum Gasteiger partial charge on any atom is 0.235 e. The molecule has 6 nitrogen and oxygen atoms in total. The number of hydrogen-bond donors (Lipinski definition) is 2. The Hall–Kier alpha value is -2.52. The fourth-order valence-corrected chi connectivity index (χ4v) is 5.32. The molecule has 2 heterocycles. The molecule has 0 saturated heterocycles. The van der Waals surface area contributed by atoms with E-state index in [0.717, 1.165) is 25.0 Å². The van der Waals surface area contributed by atoms with Crippen LogP contribution < -0.4 is 4.72 Å². The molecular weight excluding hydrogens is 424 g/mol. The predicted octanol–water partition coefficient (Wildman–Crippen LogP) is 4.41. The number of aromatic nitrogens is 2. The lowest BCUT2D eigenvalue weighted by molar-refractivity contribution is 0.103. The molecular formula is C19H16ClF2N3O3S. The molecule has 0 aliphatic heterocycles. The molecule has 3 aromatic rings. The van der Waals surface area contributed by atoms with Crippen molar-refractivity contribution >= 4 is 44.1 Å². The van der Waals surface area contributed by atoms with Crippen LogP contribution in [0.3, 0.4) is 0 Å². The number of fused-ring (bicyclic) bond motifs is 1. The molecule has 2 aromatic heterocycles. The van der Waals surface area contributed by atoms with Gasteiger partial charge in [0.25, 0.3) is 0 Å². The largest absolute Gasteiger partial charge is 0.345 e. The summed E-state index contributed by atoms with van der Waals surface area (Å²) in [6.07, 6.45) is 5.16. The van der Waals surface area contributed by atoms with Crippen molar-refractivity contribution in [1.29, 1.82) is 0 Å². The predicted molar refractivity (Wildman–Crippen MR) is 106 cm³/mol. The van der Waals surface area contributed by atoms with Gasteiger partial charge in [-0.05, 0) is 31.0 Å². The number of carbonyl (C=O) groups is 1. The fourth-order valence-electron chi connectivity index (χ4n) is 3.58. The second kappa shape index (κ2) is 7.38. The Morgan fingerprint density at radius 1 is 1.24 bits per heavy atom. The van der Waals surface area contributed by atoms with E-state index in [4.69, 9.17) is 11.6 Å². The van der Waals surface area contributed by atoms with Crippen molar-refractivity contribution in [1.82, 2.24) is 9.97 Å². The van der Waals surface area contributed by atoms with Gasteiger partial charge in [-0.3, -0.25) is 9.52 Å². The number of carbonyl (C=O) groups excluding carboxylic acids is 1. The van der Waals surface area contributed by atoms with Crippen LogP contribution >= 0.6 is 11.6 Å². The van der Waals surface area contributed by atoms with E-state index in [-0.39, 0.29) is 10.6 Å². The van der Waals surface area contributed by atoms with E-state index in [1.807, 2.05) is 0 Å². The molecule has 1 aromatic carbocycles. The number of anilines is 1. The Morgan fingerprint density at radius 3 is 2.69 bits per heavy atom. The van der Waals surface area contributed by atoms with E-state index in [9.17, 15) is 17.6 Å². The van der Waals surface area contributed by atoms with Gasteiger partial charge in [-0.2, -0.15) is 0 Å². The molecule has 0 radical (unpaired) electrons. The molecule has 0 unspecified atom stereocenters. The summed E-state index contributed by atoms with van der Waals surface area (Å²) >= 11 is 5.91. The van der Waals surface area contributed by atoms with Gasteiger partial charge in [0.1, 0.15) is 11.5 Å². The third-order valence-corrected chi connectivity index (χ3v) is 7.11. The maximum atomic E-state index is 15.0. The first kappa shape index (κ1) is 19.8. The van der Waals surface area contributed by atoms with Gasteiger partial charge in [-0.15, -0.1) is 0 Å². The number of halogens is 3. The van der Waals surface area contributed by atoms with Crippen LogP contribution in [0.25, 0.3) is 11.0 Å². The number of H-pyrrole nitrogens is 1.